The number of carbonyl (C=O) groups is 1. The van der Waals surface area contributed by atoms with Crippen molar-refractivity contribution in [1.82, 2.24) is 4.90 Å². The smallest absolute Gasteiger partial charge is 0.334 e. The first-order valence-electron chi connectivity index (χ1n) is 9.24. The van der Waals surface area contributed by atoms with Gasteiger partial charge in [0, 0.05) is 12.6 Å². The molecule has 1 atom stereocenters. The molecule has 208 valence electrons. The molecule has 0 bridgehead atoms. The standard InChI is InChI=1S/C16H14ClF16NO/c1-2-7-5-3-4-6-34(7)8(35)9(18,19)10(20,21)11(22,23)12(24,25)13(26,27)14(28,29)15(30,31)16(17,32)33/h7H,2-6H2,1H3. The lowest BCUT2D eigenvalue weighted by molar-refractivity contribution is -0.446. The number of nitrogens with zero attached hydrogens (tertiary/aromatic N) is 1. The summed E-state index contributed by atoms with van der Waals surface area (Å²) in [5.74, 6) is -59.8. The molecule has 1 fully saturated rings. The predicted octanol–water partition coefficient (Wildman–Crippen LogP) is 7.06. The summed E-state index contributed by atoms with van der Waals surface area (Å²) < 4.78 is 216. The average molecular weight is 576 g/mol. The number of amides is 1. The van der Waals surface area contributed by atoms with Gasteiger partial charge in [-0.3, -0.25) is 4.79 Å². The van der Waals surface area contributed by atoms with Crippen LogP contribution in [0.4, 0.5) is 70.2 Å². The lowest BCUT2D eigenvalue weighted by Gasteiger charge is -2.44. The van der Waals surface area contributed by atoms with E-state index in [-0.39, 0.29) is 30.6 Å². The zero-order valence-electron chi connectivity index (χ0n) is 16.9. The van der Waals surface area contributed by atoms with Crippen molar-refractivity contribution in [3.05, 3.63) is 0 Å². The van der Waals surface area contributed by atoms with E-state index in [2.05, 4.69) is 11.6 Å². The third-order valence-electron chi connectivity index (χ3n) is 5.35. The largest absolute Gasteiger partial charge is 0.393 e. The number of rotatable bonds is 9. The van der Waals surface area contributed by atoms with Crippen molar-refractivity contribution >= 4 is 17.5 Å². The zero-order valence-corrected chi connectivity index (χ0v) is 17.6. The van der Waals surface area contributed by atoms with Gasteiger partial charge in [0.25, 0.3) is 5.91 Å². The van der Waals surface area contributed by atoms with Gasteiger partial charge in [-0.1, -0.05) is 6.92 Å². The summed E-state index contributed by atoms with van der Waals surface area (Å²) in [5, 5.41) is -6.84. The highest BCUT2D eigenvalue weighted by atomic mass is 35.5. The van der Waals surface area contributed by atoms with Gasteiger partial charge < -0.3 is 4.90 Å². The second-order valence-corrected chi connectivity index (χ2v) is 8.05. The Morgan fingerprint density at radius 3 is 1.43 bits per heavy atom. The third-order valence-corrected chi connectivity index (χ3v) is 5.59. The highest BCUT2D eigenvalue weighted by molar-refractivity contribution is 6.22. The van der Waals surface area contributed by atoms with Crippen LogP contribution in [0.25, 0.3) is 0 Å². The Morgan fingerprint density at radius 1 is 0.686 bits per heavy atom. The Bertz CT molecular complexity index is 793. The Balaban J connectivity index is 3.61. The van der Waals surface area contributed by atoms with Crippen LogP contribution in [0.2, 0.25) is 0 Å². The van der Waals surface area contributed by atoms with Crippen LogP contribution in [-0.4, -0.2) is 70.2 Å². The molecular formula is C16H14ClF16NO. The van der Waals surface area contributed by atoms with E-state index < -0.39 is 65.3 Å². The van der Waals surface area contributed by atoms with E-state index >= 15 is 0 Å². The van der Waals surface area contributed by atoms with E-state index in [1.54, 1.807) is 0 Å². The van der Waals surface area contributed by atoms with Gasteiger partial charge in [-0.15, -0.1) is 0 Å². The quantitative estimate of drug-likeness (QED) is 0.213. The van der Waals surface area contributed by atoms with Gasteiger partial charge >= 0.3 is 46.8 Å². The molecule has 1 heterocycles. The van der Waals surface area contributed by atoms with Gasteiger partial charge in [0.05, 0.1) is 0 Å². The molecule has 0 radical (unpaired) electrons. The molecule has 0 aromatic rings. The summed E-state index contributed by atoms with van der Waals surface area (Å²) in [6, 6.07) is -1.32. The number of likely N-dealkylation sites (tertiary alicyclic amines) is 1. The van der Waals surface area contributed by atoms with E-state index in [4.69, 9.17) is 0 Å². The third kappa shape index (κ3) is 4.28. The monoisotopic (exact) mass is 575 g/mol. The maximum Gasteiger partial charge on any atom is 0.393 e. The fourth-order valence-electron chi connectivity index (χ4n) is 3.17. The van der Waals surface area contributed by atoms with Crippen LogP contribution >= 0.6 is 11.6 Å². The van der Waals surface area contributed by atoms with E-state index in [1.165, 1.54) is 6.92 Å². The Hall–Kier alpha value is -1.36. The van der Waals surface area contributed by atoms with Crippen molar-refractivity contribution in [3.63, 3.8) is 0 Å². The first kappa shape index (κ1) is 31.7. The van der Waals surface area contributed by atoms with E-state index in [0.29, 0.717) is 0 Å². The fourth-order valence-corrected chi connectivity index (χ4v) is 3.29. The molecule has 1 aliphatic heterocycles. The molecule has 1 amide bonds. The molecule has 19 heteroatoms. The van der Waals surface area contributed by atoms with Crippen LogP contribution < -0.4 is 0 Å². The van der Waals surface area contributed by atoms with E-state index in [0.717, 1.165) is 0 Å². The minimum Gasteiger partial charge on any atom is -0.334 e. The highest BCUT2D eigenvalue weighted by Gasteiger charge is 2.95. The van der Waals surface area contributed by atoms with Crippen molar-refractivity contribution in [2.24, 2.45) is 0 Å². The minimum atomic E-state index is -8.58. The Labute approximate surface area is 190 Å². The maximum absolute atomic E-state index is 14.1. The van der Waals surface area contributed by atoms with Crippen LogP contribution in [0.15, 0.2) is 0 Å². The van der Waals surface area contributed by atoms with Gasteiger partial charge in [0.2, 0.25) is 0 Å². The zero-order chi connectivity index (χ0) is 28.3. The number of hydrogen-bond acceptors (Lipinski definition) is 1. The molecular weight excluding hydrogens is 562 g/mol. The molecule has 2 nitrogen and oxygen atoms in total. The minimum absolute atomic E-state index is 0.138. The fraction of sp³-hybridized carbons (Fsp3) is 0.938. The van der Waals surface area contributed by atoms with Gasteiger partial charge in [0.1, 0.15) is 0 Å². The molecule has 0 spiro atoms. The maximum atomic E-state index is 14.1. The summed E-state index contributed by atoms with van der Waals surface area (Å²) in [4.78, 5) is 11.8. The molecule has 35 heavy (non-hydrogen) atoms. The van der Waals surface area contributed by atoms with Crippen molar-refractivity contribution in [3.8, 4) is 0 Å². The number of alkyl halides is 17. The normalized spacial score (nSPS) is 20.3. The SMILES string of the molecule is CCC1CCCCN1C(=O)C(F)(F)C(F)(F)C(F)(F)C(F)(F)C(F)(F)C(F)(F)C(F)(F)C(F)(F)Cl. The van der Waals surface area contributed by atoms with Gasteiger partial charge in [-0.2, -0.15) is 70.2 Å². The van der Waals surface area contributed by atoms with E-state index in [1.807, 2.05) is 0 Å². The van der Waals surface area contributed by atoms with E-state index in [9.17, 15) is 75.0 Å². The molecule has 0 aromatic carbocycles. The number of halogens is 17. The summed E-state index contributed by atoms with van der Waals surface area (Å²) in [6.45, 7) is 0.418. The topological polar surface area (TPSA) is 20.3 Å². The molecule has 1 aliphatic rings. The van der Waals surface area contributed by atoms with Crippen molar-refractivity contribution in [2.75, 3.05) is 6.54 Å². The molecule has 1 saturated heterocycles. The van der Waals surface area contributed by atoms with Crippen molar-refractivity contribution in [2.45, 2.75) is 85.5 Å². The highest BCUT2D eigenvalue weighted by Crippen LogP contribution is 2.64. The predicted molar refractivity (Wildman–Crippen MR) is 85.1 cm³/mol. The van der Waals surface area contributed by atoms with Crippen LogP contribution in [0.3, 0.4) is 0 Å². The van der Waals surface area contributed by atoms with Crippen LogP contribution in [0, 0.1) is 0 Å². The summed E-state index contributed by atoms with van der Waals surface area (Å²) in [7, 11) is 0. The second-order valence-electron chi connectivity index (χ2n) is 7.57. The van der Waals surface area contributed by atoms with Crippen molar-refractivity contribution < 1.29 is 75.0 Å². The van der Waals surface area contributed by atoms with Crippen molar-refractivity contribution in [1.29, 1.82) is 0 Å². The molecule has 1 rings (SSSR count). The summed E-state index contributed by atoms with van der Waals surface area (Å²) >= 11 is 3.45. The van der Waals surface area contributed by atoms with Gasteiger partial charge in [0.15, 0.2) is 0 Å². The first-order chi connectivity index (χ1) is 15.2. The summed E-state index contributed by atoms with van der Waals surface area (Å²) in [5.41, 5.74) is 0. The summed E-state index contributed by atoms with van der Waals surface area (Å²) in [6.07, 6.45) is -0.337. The molecule has 0 N–H and O–H groups in total. The van der Waals surface area contributed by atoms with Gasteiger partial charge in [-0.25, -0.2) is 0 Å². The van der Waals surface area contributed by atoms with Crippen LogP contribution in [0.5, 0.6) is 0 Å². The molecule has 0 aliphatic carbocycles. The Morgan fingerprint density at radius 2 is 1.06 bits per heavy atom. The number of hydrogen-bond donors (Lipinski definition) is 0. The average Bonchev–Trinajstić information content (AvgIpc) is 2.71. The number of piperidine rings is 1. The van der Waals surface area contributed by atoms with Crippen LogP contribution in [-0.2, 0) is 4.79 Å². The first-order valence-corrected chi connectivity index (χ1v) is 9.62. The lowest BCUT2D eigenvalue weighted by atomic mass is 9.88. The van der Waals surface area contributed by atoms with Gasteiger partial charge in [-0.05, 0) is 37.3 Å². The molecule has 1 unspecified atom stereocenters. The molecule has 0 aromatic heterocycles. The number of carbonyl (C=O) groups excluding carboxylic acids is 1. The lowest BCUT2D eigenvalue weighted by Crippen LogP contribution is -2.75. The second kappa shape index (κ2) is 8.89. The van der Waals surface area contributed by atoms with Crippen LogP contribution in [0.1, 0.15) is 32.6 Å². The Kier molecular flexibility index (Phi) is 8.04. The molecule has 0 saturated carbocycles.